The van der Waals surface area contributed by atoms with Crippen molar-refractivity contribution in [1.82, 2.24) is 20.2 Å². The summed E-state index contributed by atoms with van der Waals surface area (Å²) in [6.07, 6.45) is 5.59. The Morgan fingerprint density at radius 1 is 1.35 bits per heavy atom. The van der Waals surface area contributed by atoms with Crippen molar-refractivity contribution >= 4 is 6.03 Å². The van der Waals surface area contributed by atoms with Gasteiger partial charge in [0.05, 0.1) is 7.11 Å². The number of carbonyl (C=O) groups is 1. The van der Waals surface area contributed by atoms with E-state index >= 15 is 0 Å². The number of aryl methyl sites for hydroxylation is 1. The van der Waals surface area contributed by atoms with Gasteiger partial charge in [-0.2, -0.15) is 0 Å². The summed E-state index contributed by atoms with van der Waals surface area (Å²) >= 11 is 0. The second-order valence-electron chi connectivity index (χ2n) is 5.36. The smallest absolute Gasteiger partial charge is 0.315 e. The number of unbranched alkanes of at least 4 members (excludes halogenated alkanes) is 1. The second-order valence-corrected chi connectivity index (χ2v) is 5.36. The van der Waals surface area contributed by atoms with Crippen molar-refractivity contribution < 1.29 is 9.53 Å². The van der Waals surface area contributed by atoms with Gasteiger partial charge >= 0.3 is 6.03 Å². The summed E-state index contributed by atoms with van der Waals surface area (Å²) in [4.78, 5) is 16.5. The van der Waals surface area contributed by atoms with Gasteiger partial charge in [0.25, 0.3) is 0 Å². The number of benzene rings is 1. The molecule has 1 aromatic carbocycles. The van der Waals surface area contributed by atoms with E-state index in [9.17, 15) is 4.79 Å². The number of amides is 2. The molecular formula is C17H24N4O2. The Balaban J connectivity index is 2.18. The lowest BCUT2D eigenvalue weighted by Crippen LogP contribution is -2.39. The molecule has 2 rings (SSSR count). The topological polar surface area (TPSA) is 68.2 Å². The van der Waals surface area contributed by atoms with Crippen LogP contribution in [0.1, 0.15) is 37.2 Å². The molecule has 0 saturated carbocycles. The molecule has 0 saturated heterocycles. The number of carbonyl (C=O) groups excluding carboxylic acids is 1. The number of methoxy groups -OCH3 is 1. The molecule has 0 aliphatic heterocycles. The van der Waals surface area contributed by atoms with Crippen LogP contribution in [0, 0.1) is 0 Å². The highest BCUT2D eigenvalue weighted by Gasteiger charge is 2.20. The first kappa shape index (κ1) is 16.9. The number of ether oxygens (including phenoxy) is 1. The van der Waals surface area contributed by atoms with Crippen LogP contribution in [-0.2, 0) is 7.05 Å². The fourth-order valence-electron chi connectivity index (χ4n) is 2.31. The molecular weight excluding hydrogens is 292 g/mol. The minimum atomic E-state index is -0.317. The Bertz CT molecular complexity index is 622. The first-order valence-electron chi connectivity index (χ1n) is 7.81. The number of aromatic nitrogens is 2. The number of hydrogen-bond donors (Lipinski definition) is 2. The zero-order chi connectivity index (χ0) is 16.7. The van der Waals surface area contributed by atoms with E-state index in [0.717, 1.165) is 30.0 Å². The molecule has 6 heteroatoms. The minimum absolute atomic E-state index is 0.192. The van der Waals surface area contributed by atoms with Crippen molar-refractivity contribution in [3.8, 4) is 5.75 Å². The summed E-state index contributed by atoms with van der Waals surface area (Å²) in [6.45, 7) is 2.76. The van der Waals surface area contributed by atoms with Gasteiger partial charge in [0.2, 0.25) is 0 Å². The zero-order valence-electron chi connectivity index (χ0n) is 13.9. The lowest BCUT2D eigenvalue weighted by molar-refractivity contribution is 0.238. The maximum Gasteiger partial charge on any atom is 0.315 e. The van der Waals surface area contributed by atoms with Crippen LogP contribution in [0.2, 0.25) is 0 Å². The molecule has 2 N–H and O–H groups in total. The predicted octanol–water partition coefficient (Wildman–Crippen LogP) is 2.62. The number of nitrogens with one attached hydrogen (secondary N) is 2. The van der Waals surface area contributed by atoms with Crippen LogP contribution < -0.4 is 15.4 Å². The van der Waals surface area contributed by atoms with Gasteiger partial charge < -0.3 is 19.9 Å². The van der Waals surface area contributed by atoms with E-state index in [2.05, 4.69) is 22.5 Å². The van der Waals surface area contributed by atoms with Crippen molar-refractivity contribution in [1.29, 1.82) is 0 Å². The molecule has 0 fully saturated rings. The molecule has 0 aliphatic rings. The molecule has 6 nitrogen and oxygen atoms in total. The first-order valence-corrected chi connectivity index (χ1v) is 7.81. The lowest BCUT2D eigenvalue weighted by Gasteiger charge is -2.19. The van der Waals surface area contributed by atoms with Gasteiger partial charge in [-0.05, 0) is 24.1 Å². The summed E-state index contributed by atoms with van der Waals surface area (Å²) < 4.78 is 7.09. The third-order valence-corrected chi connectivity index (χ3v) is 3.66. The van der Waals surface area contributed by atoms with E-state index in [1.807, 2.05) is 42.1 Å². The Kier molecular flexibility index (Phi) is 6.02. The normalized spacial score (nSPS) is 11.8. The third kappa shape index (κ3) is 4.48. The molecule has 0 aliphatic carbocycles. The van der Waals surface area contributed by atoms with Gasteiger partial charge in [-0.25, -0.2) is 9.78 Å². The van der Waals surface area contributed by atoms with Gasteiger partial charge in [0.15, 0.2) is 0 Å². The summed E-state index contributed by atoms with van der Waals surface area (Å²) in [5.41, 5.74) is 0.950. The predicted molar refractivity (Wildman–Crippen MR) is 89.5 cm³/mol. The highest BCUT2D eigenvalue weighted by molar-refractivity contribution is 5.74. The van der Waals surface area contributed by atoms with E-state index in [-0.39, 0.29) is 12.1 Å². The van der Waals surface area contributed by atoms with Crippen LogP contribution in [0.5, 0.6) is 5.75 Å². The molecule has 0 bridgehead atoms. The highest BCUT2D eigenvalue weighted by Crippen LogP contribution is 2.22. The number of urea groups is 1. The van der Waals surface area contributed by atoms with Crippen LogP contribution in [0.3, 0.4) is 0 Å². The molecule has 1 aromatic heterocycles. The highest BCUT2D eigenvalue weighted by atomic mass is 16.5. The van der Waals surface area contributed by atoms with E-state index in [1.165, 1.54) is 0 Å². The fraction of sp³-hybridized carbons (Fsp3) is 0.412. The Labute approximate surface area is 136 Å². The zero-order valence-corrected chi connectivity index (χ0v) is 13.9. The monoisotopic (exact) mass is 316 g/mol. The summed E-state index contributed by atoms with van der Waals surface area (Å²) in [7, 11) is 3.54. The van der Waals surface area contributed by atoms with Crippen molar-refractivity contribution in [2.75, 3.05) is 13.7 Å². The number of rotatable bonds is 7. The van der Waals surface area contributed by atoms with E-state index < -0.39 is 0 Å². The fourth-order valence-corrected chi connectivity index (χ4v) is 2.31. The SMILES string of the molecule is CCCCNC(=O)NC(c1ccc(OC)cc1)c1nccn1C. The van der Waals surface area contributed by atoms with Crippen molar-refractivity contribution in [2.24, 2.45) is 7.05 Å². The van der Waals surface area contributed by atoms with Gasteiger partial charge in [-0.1, -0.05) is 25.5 Å². The largest absolute Gasteiger partial charge is 0.497 e. The average Bonchev–Trinajstić information content (AvgIpc) is 2.99. The van der Waals surface area contributed by atoms with E-state index in [0.29, 0.717) is 6.54 Å². The summed E-state index contributed by atoms with van der Waals surface area (Å²) in [5.74, 6) is 1.56. The van der Waals surface area contributed by atoms with Crippen LogP contribution in [0.4, 0.5) is 4.79 Å². The van der Waals surface area contributed by atoms with E-state index in [1.54, 1.807) is 13.3 Å². The van der Waals surface area contributed by atoms with Gasteiger partial charge in [-0.15, -0.1) is 0 Å². The standard InChI is InChI=1S/C17H24N4O2/c1-4-5-10-19-17(22)20-15(16-18-11-12-21(16)2)13-6-8-14(23-3)9-7-13/h6-9,11-12,15H,4-5,10H2,1-3H3,(H2,19,20,22). The Hall–Kier alpha value is -2.50. The number of nitrogens with zero attached hydrogens (tertiary/aromatic N) is 2. The molecule has 23 heavy (non-hydrogen) atoms. The molecule has 1 unspecified atom stereocenters. The van der Waals surface area contributed by atoms with Crippen molar-refractivity contribution in [2.45, 2.75) is 25.8 Å². The number of imidazole rings is 1. The molecule has 1 heterocycles. The molecule has 124 valence electrons. The summed E-state index contributed by atoms with van der Waals surface area (Å²) in [5, 5.41) is 5.87. The van der Waals surface area contributed by atoms with Gasteiger partial charge in [0, 0.05) is 26.0 Å². The maximum atomic E-state index is 12.1. The maximum absolute atomic E-state index is 12.1. The van der Waals surface area contributed by atoms with Crippen molar-refractivity contribution in [3.63, 3.8) is 0 Å². The van der Waals surface area contributed by atoms with Crippen LogP contribution in [0.15, 0.2) is 36.7 Å². The van der Waals surface area contributed by atoms with Crippen molar-refractivity contribution in [3.05, 3.63) is 48.0 Å². The van der Waals surface area contributed by atoms with Crippen LogP contribution in [0.25, 0.3) is 0 Å². The molecule has 2 aromatic rings. The van der Waals surface area contributed by atoms with Crippen LogP contribution in [-0.4, -0.2) is 29.2 Å². The Morgan fingerprint density at radius 2 is 2.09 bits per heavy atom. The second kappa shape index (κ2) is 8.22. The summed E-state index contributed by atoms with van der Waals surface area (Å²) in [6, 6.07) is 7.11. The lowest BCUT2D eigenvalue weighted by atomic mass is 10.1. The molecule has 0 radical (unpaired) electrons. The van der Waals surface area contributed by atoms with Gasteiger partial charge in [-0.3, -0.25) is 0 Å². The minimum Gasteiger partial charge on any atom is -0.497 e. The van der Waals surface area contributed by atoms with Crippen LogP contribution >= 0.6 is 0 Å². The quantitative estimate of drug-likeness (QED) is 0.772. The molecule has 0 spiro atoms. The average molecular weight is 316 g/mol. The van der Waals surface area contributed by atoms with Gasteiger partial charge in [0.1, 0.15) is 17.6 Å². The first-order chi connectivity index (χ1) is 11.2. The molecule has 2 amide bonds. The number of hydrogen-bond acceptors (Lipinski definition) is 3. The Morgan fingerprint density at radius 3 is 2.65 bits per heavy atom. The van der Waals surface area contributed by atoms with E-state index in [4.69, 9.17) is 4.74 Å². The third-order valence-electron chi connectivity index (χ3n) is 3.66. The molecule has 1 atom stereocenters.